The van der Waals surface area contributed by atoms with E-state index >= 15 is 0 Å². The predicted octanol–water partition coefficient (Wildman–Crippen LogP) is 1.09. The minimum atomic E-state index is -0.536. The lowest BCUT2D eigenvalue weighted by Crippen LogP contribution is -2.13. The summed E-state index contributed by atoms with van der Waals surface area (Å²) in [5, 5.41) is 3.68. The Balaban J connectivity index is 2.98. The van der Waals surface area contributed by atoms with E-state index in [1.807, 2.05) is 13.8 Å². The van der Waals surface area contributed by atoms with Gasteiger partial charge in [-0.3, -0.25) is 4.79 Å². The van der Waals surface area contributed by atoms with Crippen LogP contribution < -0.4 is 5.73 Å². The molecule has 0 aromatic carbocycles. The first-order valence-corrected chi connectivity index (χ1v) is 3.83. The summed E-state index contributed by atoms with van der Waals surface area (Å²) < 4.78 is 4.55. The first kappa shape index (κ1) is 8.77. The minimum absolute atomic E-state index is 0.183. The monoisotopic (exact) mass is 167 g/mol. The SMILES string of the molecule is CCC(C)c1no[c]c1C(N)=O. The summed E-state index contributed by atoms with van der Waals surface area (Å²) in [6.45, 7) is 3.96. The van der Waals surface area contributed by atoms with Crippen molar-refractivity contribution in [2.24, 2.45) is 5.73 Å². The van der Waals surface area contributed by atoms with Crippen LogP contribution in [0.25, 0.3) is 0 Å². The molecule has 0 saturated heterocycles. The number of amides is 1. The Hall–Kier alpha value is -1.32. The minimum Gasteiger partial charge on any atom is -0.365 e. The maximum atomic E-state index is 10.8. The number of carbonyl (C=O) groups is 1. The molecule has 0 aliphatic rings. The molecule has 0 saturated carbocycles. The van der Waals surface area contributed by atoms with Gasteiger partial charge in [-0.2, -0.15) is 0 Å². The summed E-state index contributed by atoms with van der Waals surface area (Å²) in [5.74, 6) is -0.353. The molecule has 0 fully saturated rings. The zero-order chi connectivity index (χ0) is 9.14. The molecule has 4 nitrogen and oxygen atoms in total. The first-order chi connectivity index (χ1) is 5.66. The largest absolute Gasteiger partial charge is 0.365 e. The van der Waals surface area contributed by atoms with Gasteiger partial charge in [0.05, 0.1) is 5.69 Å². The van der Waals surface area contributed by atoms with E-state index in [0.29, 0.717) is 5.69 Å². The number of rotatable bonds is 3. The van der Waals surface area contributed by atoms with E-state index in [1.54, 1.807) is 0 Å². The third kappa shape index (κ3) is 1.47. The fraction of sp³-hybridized carbons (Fsp3) is 0.500. The molecule has 0 spiro atoms. The topological polar surface area (TPSA) is 69.1 Å². The first-order valence-electron chi connectivity index (χ1n) is 3.83. The van der Waals surface area contributed by atoms with Crippen LogP contribution in [0.5, 0.6) is 0 Å². The second-order valence-electron chi connectivity index (χ2n) is 2.72. The van der Waals surface area contributed by atoms with Crippen molar-refractivity contribution in [3.8, 4) is 0 Å². The van der Waals surface area contributed by atoms with Crippen LogP contribution in [0.1, 0.15) is 42.2 Å². The van der Waals surface area contributed by atoms with E-state index in [0.717, 1.165) is 6.42 Å². The predicted molar refractivity (Wildman–Crippen MR) is 42.6 cm³/mol. The highest BCUT2D eigenvalue weighted by Gasteiger charge is 2.17. The van der Waals surface area contributed by atoms with Gasteiger partial charge in [-0.15, -0.1) is 0 Å². The lowest BCUT2D eigenvalue weighted by atomic mass is 10.0. The quantitative estimate of drug-likeness (QED) is 0.732. The Labute approximate surface area is 70.7 Å². The summed E-state index contributed by atoms with van der Waals surface area (Å²) in [4.78, 5) is 10.8. The molecule has 0 aliphatic carbocycles. The molecule has 1 atom stereocenters. The van der Waals surface area contributed by atoms with Gasteiger partial charge in [0.2, 0.25) is 6.26 Å². The maximum Gasteiger partial charge on any atom is 0.254 e. The van der Waals surface area contributed by atoms with Crippen LogP contribution in [0.3, 0.4) is 0 Å². The second kappa shape index (κ2) is 3.38. The molecule has 0 bridgehead atoms. The van der Waals surface area contributed by atoms with Crippen molar-refractivity contribution in [3.05, 3.63) is 17.5 Å². The molecule has 1 unspecified atom stereocenters. The van der Waals surface area contributed by atoms with E-state index < -0.39 is 5.91 Å². The Morgan fingerprint density at radius 3 is 3.00 bits per heavy atom. The van der Waals surface area contributed by atoms with E-state index in [-0.39, 0.29) is 11.5 Å². The summed E-state index contributed by atoms with van der Waals surface area (Å²) in [7, 11) is 0. The number of carbonyl (C=O) groups excluding carboxylic acids is 1. The van der Waals surface area contributed by atoms with Gasteiger partial charge in [0.25, 0.3) is 5.91 Å². The Morgan fingerprint density at radius 1 is 1.83 bits per heavy atom. The van der Waals surface area contributed by atoms with E-state index in [4.69, 9.17) is 5.73 Å². The van der Waals surface area contributed by atoms with Crippen molar-refractivity contribution in [1.29, 1.82) is 0 Å². The highest BCUT2D eigenvalue weighted by atomic mass is 16.5. The number of hydrogen-bond acceptors (Lipinski definition) is 3. The van der Waals surface area contributed by atoms with E-state index in [1.165, 1.54) is 0 Å². The number of nitrogens with two attached hydrogens (primary N) is 1. The fourth-order valence-corrected chi connectivity index (χ4v) is 0.922. The average molecular weight is 167 g/mol. The van der Waals surface area contributed by atoms with E-state index in [2.05, 4.69) is 15.9 Å². The summed E-state index contributed by atoms with van der Waals surface area (Å²) in [6.07, 6.45) is 3.25. The van der Waals surface area contributed by atoms with Crippen LogP contribution in [0, 0.1) is 6.26 Å². The summed E-state index contributed by atoms with van der Waals surface area (Å²) >= 11 is 0. The molecule has 1 heterocycles. The molecule has 4 heteroatoms. The van der Waals surface area contributed by atoms with Crippen molar-refractivity contribution in [1.82, 2.24) is 5.16 Å². The van der Waals surface area contributed by atoms with Gasteiger partial charge < -0.3 is 10.3 Å². The van der Waals surface area contributed by atoms with Crippen molar-refractivity contribution in [3.63, 3.8) is 0 Å². The van der Waals surface area contributed by atoms with Crippen molar-refractivity contribution in [2.45, 2.75) is 26.2 Å². The molecule has 12 heavy (non-hydrogen) atoms. The van der Waals surface area contributed by atoms with Crippen molar-refractivity contribution >= 4 is 5.91 Å². The van der Waals surface area contributed by atoms with E-state index in [9.17, 15) is 4.79 Å². The molecule has 1 radical (unpaired) electrons. The van der Waals surface area contributed by atoms with Crippen molar-refractivity contribution < 1.29 is 9.32 Å². The Bertz CT molecular complexity index is 280. The number of aromatic nitrogens is 1. The van der Waals surface area contributed by atoms with Crippen LogP contribution >= 0.6 is 0 Å². The van der Waals surface area contributed by atoms with Crippen LogP contribution in [0.15, 0.2) is 4.52 Å². The van der Waals surface area contributed by atoms with Gasteiger partial charge in [0.1, 0.15) is 5.56 Å². The molecule has 65 valence electrons. The second-order valence-corrected chi connectivity index (χ2v) is 2.72. The normalized spacial score (nSPS) is 12.8. The van der Waals surface area contributed by atoms with Gasteiger partial charge in [-0.05, 0) is 6.42 Å². The number of hydrogen-bond donors (Lipinski definition) is 1. The van der Waals surface area contributed by atoms with Gasteiger partial charge in [-0.25, -0.2) is 0 Å². The standard InChI is InChI=1S/C8H11N2O2/c1-3-5(2)7-6(8(9)11)4-12-10-7/h5H,3H2,1-2H3,(H2,9,11). The summed E-state index contributed by atoms with van der Waals surface area (Å²) in [5.41, 5.74) is 5.95. The number of nitrogens with zero attached hydrogens (tertiary/aromatic N) is 1. The molecular weight excluding hydrogens is 156 g/mol. The molecule has 0 aliphatic heterocycles. The molecule has 1 aromatic heterocycles. The lowest BCUT2D eigenvalue weighted by molar-refractivity contribution is 0.0998. The highest BCUT2D eigenvalue weighted by Crippen LogP contribution is 2.19. The Morgan fingerprint density at radius 2 is 2.50 bits per heavy atom. The maximum absolute atomic E-state index is 10.8. The summed E-state index contributed by atoms with van der Waals surface area (Å²) in [6, 6.07) is 0. The van der Waals surface area contributed by atoms with Crippen LogP contribution in [0.4, 0.5) is 0 Å². The van der Waals surface area contributed by atoms with Crippen LogP contribution in [-0.2, 0) is 0 Å². The number of primary amides is 1. The molecule has 1 aromatic rings. The van der Waals surface area contributed by atoms with Gasteiger partial charge >= 0.3 is 0 Å². The zero-order valence-electron chi connectivity index (χ0n) is 7.13. The smallest absolute Gasteiger partial charge is 0.254 e. The van der Waals surface area contributed by atoms with Gasteiger partial charge in [0.15, 0.2) is 0 Å². The average Bonchev–Trinajstić information content (AvgIpc) is 2.50. The van der Waals surface area contributed by atoms with Gasteiger partial charge in [-0.1, -0.05) is 19.0 Å². The molecule has 2 N–H and O–H groups in total. The van der Waals surface area contributed by atoms with Crippen LogP contribution in [0.2, 0.25) is 0 Å². The lowest BCUT2D eigenvalue weighted by Gasteiger charge is -2.03. The molecule has 1 amide bonds. The zero-order valence-corrected chi connectivity index (χ0v) is 7.13. The van der Waals surface area contributed by atoms with Gasteiger partial charge in [0, 0.05) is 5.92 Å². The fourth-order valence-electron chi connectivity index (χ4n) is 0.922. The highest BCUT2D eigenvalue weighted by molar-refractivity contribution is 5.93. The molecular formula is C8H11N2O2. The third-order valence-corrected chi connectivity index (χ3v) is 1.87. The van der Waals surface area contributed by atoms with Crippen molar-refractivity contribution in [2.75, 3.05) is 0 Å². The third-order valence-electron chi connectivity index (χ3n) is 1.87. The molecule has 1 rings (SSSR count). The van der Waals surface area contributed by atoms with Crippen LogP contribution in [-0.4, -0.2) is 11.1 Å². The Kier molecular flexibility index (Phi) is 2.47.